The van der Waals surface area contributed by atoms with E-state index in [1.165, 1.54) is 4.57 Å². The van der Waals surface area contributed by atoms with Crippen LogP contribution in [0.4, 0.5) is 5.69 Å². The van der Waals surface area contributed by atoms with Crippen LogP contribution in [0.25, 0.3) is 27.6 Å². The number of carbonyl (C=O) groups excluding carboxylic acids is 1. The summed E-state index contributed by atoms with van der Waals surface area (Å²) in [5.41, 5.74) is 1.69. The number of furan rings is 1. The molecule has 0 aliphatic heterocycles. The fourth-order valence-electron chi connectivity index (χ4n) is 3.74. The zero-order valence-corrected chi connectivity index (χ0v) is 19.3. The Morgan fingerprint density at radius 2 is 1.89 bits per heavy atom. The maximum atomic E-state index is 13.4. The summed E-state index contributed by atoms with van der Waals surface area (Å²) in [5, 5.41) is 13.7. The minimum atomic E-state index is -0.363. The number of fused-ring (bicyclic) bond motifs is 2. The highest BCUT2D eigenvalue weighted by atomic mass is 32.2. The fourth-order valence-corrected chi connectivity index (χ4v) is 4.55. The summed E-state index contributed by atoms with van der Waals surface area (Å²) < 4.78 is 12.3. The number of nitrogens with zero attached hydrogens (tertiary/aromatic N) is 3. The first-order valence-electron chi connectivity index (χ1n) is 10.6. The van der Waals surface area contributed by atoms with Gasteiger partial charge in [-0.15, -0.1) is 0 Å². The normalized spacial score (nSPS) is 10.9. The van der Waals surface area contributed by atoms with E-state index < -0.39 is 0 Å². The molecule has 1 amide bonds. The van der Waals surface area contributed by atoms with Crippen molar-refractivity contribution in [2.24, 2.45) is 0 Å². The summed E-state index contributed by atoms with van der Waals surface area (Å²) in [4.78, 5) is 30.9. The molecule has 0 radical (unpaired) electrons. The Labute approximate surface area is 203 Å². The van der Waals surface area contributed by atoms with Gasteiger partial charge in [0.2, 0.25) is 11.7 Å². The third-order valence-corrected chi connectivity index (χ3v) is 6.29. The Balaban J connectivity index is 1.49. The van der Waals surface area contributed by atoms with E-state index in [9.17, 15) is 14.9 Å². The zero-order chi connectivity index (χ0) is 24.4. The highest BCUT2D eigenvalue weighted by molar-refractivity contribution is 7.99. The summed E-state index contributed by atoms with van der Waals surface area (Å²) in [6.07, 6.45) is 0. The first-order chi connectivity index (χ1) is 17.1. The van der Waals surface area contributed by atoms with Gasteiger partial charge < -0.3 is 14.5 Å². The van der Waals surface area contributed by atoms with Crippen LogP contribution in [0.2, 0.25) is 0 Å². The second-order valence-electron chi connectivity index (χ2n) is 7.50. The van der Waals surface area contributed by atoms with Gasteiger partial charge in [-0.1, -0.05) is 42.1 Å². The van der Waals surface area contributed by atoms with Crippen LogP contribution in [-0.2, 0) is 4.79 Å². The molecule has 1 N–H and O–H groups in total. The molecule has 0 spiro atoms. The number of benzene rings is 3. The van der Waals surface area contributed by atoms with Crippen molar-refractivity contribution in [2.75, 3.05) is 18.2 Å². The van der Waals surface area contributed by atoms with E-state index in [1.807, 2.05) is 6.07 Å². The lowest BCUT2D eigenvalue weighted by Gasteiger charge is -2.14. The standard InChI is InChI=1S/C26H18N4O4S/c1-33-17-8-6-7-16(13-17)30-25(32)18-9-2-4-11-20(18)28-26(30)35-15-23(31)29-24-19-10-3-5-12-21(19)34-22(24)14-27/h2-13H,15H2,1H3,(H,29,31). The summed E-state index contributed by atoms with van der Waals surface area (Å²) in [5.74, 6) is 0.213. The number of thioether (sulfide) groups is 1. The van der Waals surface area contributed by atoms with Crippen molar-refractivity contribution < 1.29 is 13.9 Å². The van der Waals surface area contributed by atoms with E-state index in [1.54, 1.807) is 79.9 Å². The smallest absolute Gasteiger partial charge is 0.266 e. The van der Waals surface area contributed by atoms with Gasteiger partial charge in [-0.25, -0.2) is 4.98 Å². The van der Waals surface area contributed by atoms with Crippen molar-refractivity contribution >= 4 is 45.2 Å². The molecule has 35 heavy (non-hydrogen) atoms. The van der Waals surface area contributed by atoms with E-state index >= 15 is 0 Å². The second kappa shape index (κ2) is 9.37. The molecule has 0 aliphatic rings. The molecule has 5 aromatic rings. The Bertz CT molecular complexity index is 1680. The van der Waals surface area contributed by atoms with Crippen LogP contribution in [0, 0.1) is 11.3 Å². The predicted octanol–water partition coefficient (Wildman–Crippen LogP) is 4.74. The van der Waals surface area contributed by atoms with Crippen molar-refractivity contribution in [1.82, 2.24) is 9.55 Å². The number of carbonyl (C=O) groups is 1. The van der Waals surface area contributed by atoms with Crippen LogP contribution in [0.5, 0.6) is 5.75 Å². The third-order valence-electron chi connectivity index (χ3n) is 5.35. The average Bonchev–Trinajstić information content (AvgIpc) is 3.25. The lowest BCUT2D eigenvalue weighted by molar-refractivity contribution is -0.113. The topological polar surface area (TPSA) is 110 Å². The number of amides is 1. The Kier molecular flexibility index (Phi) is 5.95. The number of anilines is 1. The molecule has 0 atom stereocenters. The maximum Gasteiger partial charge on any atom is 0.266 e. The molecule has 9 heteroatoms. The van der Waals surface area contributed by atoms with Crippen LogP contribution in [0.3, 0.4) is 0 Å². The van der Waals surface area contributed by atoms with Gasteiger partial charge in [0.1, 0.15) is 23.1 Å². The van der Waals surface area contributed by atoms with E-state index in [4.69, 9.17) is 9.15 Å². The largest absolute Gasteiger partial charge is 0.497 e. The van der Waals surface area contributed by atoms with Crippen LogP contribution in [-0.4, -0.2) is 28.3 Å². The molecule has 0 unspecified atom stereocenters. The third kappa shape index (κ3) is 4.23. The van der Waals surface area contributed by atoms with Gasteiger partial charge >= 0.3 is 0 Å². The van der Waals surface area contributed by atoms with Crippen LogP contribution < -0.4 is 15.6 Å². The molecule has 0 saturated carbocycles. The van der Waals surface area contributed by atoms with Gasteiger partial charge in [0.25, 0.3) is 5.56 Å². The zero-order valence-electron chi connectivity index (χ0n) is 18.5. The molecule has 3 aromatic carbocycles. The minimum Gasteiger partial charge on any atom is -0.497 e. The van der Waals surface area contributed by atoms with Crippen LogP contribution in [0.1, 0.15) is 5.76 Å². The maximum absolute atomic E-state index is 13.4. The number of para-hydroxylation sites is 2. The Hall–Kier alpha value is -4.55. The number of aromatic nitrogens is 2. The number of hydrogen-bond donors (Lipinski definition) is 1. The van der Waals surface area contributed by atoms with Gasteiger partial charge in [0, 0.05) is 11.5 Å². The highest BCUT2D eigenvalue weighted by Gasteiger charge is 2.18. The van der Waals surface area contributed by atoms with Gasteiger partial charge in [-0.05, 0) is 36.4 Å². The number of ether oxygens (including phenoxy) is 1. The molecule has 2 heterocycles. The number of nitriles is 1. The Morgan fingerprint density at radius 3 is 2.69 bits per heavy atom. The lowest BCUT2D eigenvalue weighted by atomic mass is 10.2. The molecule has 0 aliphatic carbocycles. The van der Waals surface area contributed by atoms with Gasteiger partial charge in [-0.3, -0.25) is 14.2 Å². The molecule has 5 rings (SSSR count). The lowest BCUT2D eigenvalue weighted by Crippen LogP contribution is -2.23. The number of hydrogen-bond acceptors (Lipinski definition) is 7. The molecular formula is C26H18N4O4S. The monoisotopic (exact) mass is 482 g/mol. The number of methoxy groups -OCH3 is 1. The van der Waals surface area contributed by atoms with Crippen molar-refractivity contribution in [3.63, 3.8) is 0 Å². The van der Waals surface area contributed by atoms with E-state index in [0.29, 0.717) is 44.2 Å². The van der Waals surface area contributed by atoms with E-state index in [0.717, 1.165) is 11.8 Å². The molecular weight excluding hydrogens is 464 g/mol. The minimum absolute atomic E-state index is 0.0293. The predicted molar refractivity (Wildman–Crippen MR) is 134 cm³/mol. The van der Waals surface area contributed by atoms with Crippen LogP contribution >= 0.6 is 11.8 Å². The fraction of sp³-hybridized carbons (Fsp3) is 0.0769. The molecule has 2 aromatic heterocycles. The SMILES string of the molecule is COc1cccc(-n2c(SCC(=O)Nc3c(C#N)oc4ccccc34)nc3ccccc3c2=O)c1. The van der Waals surface area contributed by atoms with Crippen molar-refractivity contribution in [3.8, 4) is 17.5 Å². The quantitative estimate of drug-likeness (QED) is 0.275. The second-order valence-corrected chi connectivity index (χ2v) is 8.45. The molecule has 172 valence electrons. The average molecular weight is 483 g/mol. The number of rotatable bonds is 6. The first kappa shape index (κ1) is 22.3. The summed E-state index contributed by atoms with van der Waals surface area (Å²) in [6, 6.07) is 23.2. The van der Waals surface area contributed by atoms with Gasteiger partial charge in [0.15, 0.2) is 5.16 Å². The number of nitrogens with one attached hydrogen (secondary N) is 1. The molecule has 8 nitrogen and oxygen atoms in total. The van der Waals surface area contributed by atoms with Crippen molar-refractivity contribution in [1.29, 1.82) is 5.26 Å². The van der Waals surface area contributed by atoms with E-state index in [2.05, 4.69) is 10.3 Å². The van der Waals surface area contributed by atoms with E-state index in [-0.39, 0.29) is 23.0 Å². The Morgan fingerprint density at radius 1 is 1.11 bits per heavy atom. The van der Waals surface area contributed by atoms with Gasteiger partial charge in [-0.2, -0.15) is 5.26 Å². The molecule has 0 fully saturated rings. The summed E-state index contributed by atoms with van der Waals surface area (Å²) >= 11 is 1.12. The van der Waals surface area contributed by atoms with Crippen molar-refractivity contribution in [3.05, 3.63) is 88.9 Å². The highest BCUT2D eigenvalue weighted by Crippen LogP contribution is 2.31. The van der Waals surface area contributed by atoms with Crippen molar-refractivity contribution in [2.45, 2.75) is 5.16 Å². The molecule has 0 bridgehead atoms. The van der Waals surface area contributed by atoms with Crippen LogP contribution in [0.15, 0.2) is 87.2 Å². The summed E-state index contributed by atoms with van der Waals surface area (Å²) in [6.45, 7) is 0. The van der Waals surface area contributed by atoms with Gasteiger partial charge in [0.05, 0.1) is 29.5 Å². The summed E-state index contributed by atoms with van der Waals surface area (Å²) in [7, 11) is 1.55. The molecule has 0 saturated heterocycles. The first-order valence-corrected chi connectivity index (χ1v) is 11.6.